The van der Waals surface area contributed by atoms with Crippen LogP contribution < -0.4 is 10.1 Å². The van der Waals surface area contributed by atoms with Crippen molar-refractivity contribution >= 4 is 5.91 Å². The molecule has 0 atom stereocenters. The van der Waals surface area contributed by atoms with Crippen LogP contribution in [0.2, 0.25) is 0 Å². The van der Waals surface area contributed by atoms with Gasteiger partial charge in [0.2, 0.25) is 11.8 Å². The molecule has 130 valence electrons. The third-order valence-corrected chi connectivity index (χ3v) is 3.82. The number of piperidine rings is 1. The molecule has 2 N–H and O–H groups in total. The van der Waals surface area contributed by atoms with Crippen LogP contribution in [0.5, 0.6) is 5.88 Å². The van der Waals surface area contributed by atoms with Crippen molar-refractivity contribution in [3.63, 3.8) is 0 Å². The zero-order chi connectivity index (χ0) is 16.8. The third-order valence-electron chi connectivity index (χ3n) is 3.82. The second kappa shape index (κ2) is 7.91. The van der Waals surface area contributed by atoms with Crippen LogP contribution >= 0.6 is 0 Å². The minimum atomic E-state index is -0.302. The number of hydrogen-bond donors (Lipinski definition) is 2. The number of likely N-dealkylation sites (tertiary alicyclic amines) is 1. The van der Waals surface area contributed by atoms with Crippen LogP contribution in [0.4, 0.5) is 0 Å². The van der Waals surface area contributed by atoms with Gasteiger partial charge in [0.25, 0.3) is 5.91 Å². The maximum absolute atomic E-state index is 12.0. The first-order valence-corrected chi connectivity index (χ1v) is 8.25. The lowest BCUT2D eigenvalue weighted by Gasteiger charge is -2.24. The summed E-state index contributed by atoms with van der Waals surface area (Å²) in [6.45, 7) is 5.36. The van der Waals surface area contributed by atoms with E-state index in [1.165, 1.54) is 19.3 Å². The number of carbonyl (C=O) groups is 1. The minimum absolute atomic E-state index is 0.175. The van der Waals surface area contributed by atoms with Gasteiger partial charge in [-0.1, -0.05) is 11.6 Å². The number of aromatic amines is 1. The van der Waals surface area contributed by atoms with Gasteiger partial charge < -0.3 is 14.6 Å². The van der Waals surface area contributed by atoms with Crippen LogP contribution in [0, 0.1) is 0 Å². The van der Waals surface area contributed by atoms with Crippen molar-refractivity contribution in [2.75, 3.05) is 19.7 Å². The lowest BCUT2D eigenvalue weighted by atomic mass is 10.1. The molecule has 0 aliphatic carbocycles. The van der Waals surface area contributed by atoms with E-state index in [0.29, 0.717) is 36.4 Å². The van der Waals surface area contributed by atoms with Crippen LogP contribution in [0.25, 0.3) is 0 Å². The second-order valence-corrected chi connectivity index (χ2v) is 5.68. The predicted molar refractivity (Wildman–Crippen MR) is 84.4 cm³/mol. The largest absolute Gasteiger partial charge is 0.477 e. The van der Waals surface area contributed by atoms with Gasteiger partial charge >= 0.3 is 0 Å². The van der Waals surface area contributed by atoms with Crippen molar-refractivity contribution in [2.45, 2.75) is 39.3 Å². The van der Waals surface area contributed by atoms with Gasteiger partial charge in [0.1, 0.15) is 5.69 Å². The fourth-order valence-electron chi connectivity index (χ4n) is 2.64. The summed E-state index contributed by atoms with van der Waals surface area (Å²) in [5, 5.41) is 13.2. The number of H-pyrrole nitrogens is 1. The van der Waals surface area contributed by atoms with Crippen LogP contribution in [0.3, 0.4) is 0 Å². The number of nitrogens with one attached hydrogen (secondary N) is 2. The third kappa shape index (κ3) is 4.31. The van der Waals surface area contributed by atoms with Gasteiger partial charge in [-0.2, -0.15) is 4.98 Å². The highest BCUT2D eigenvalue weighted by Gasteiger charge is 2.15. The lowest BCUT2D eigenvalue weighted by molar-refractivity contribution is 0.0941. The Morgan fingerprint density at radius 3 is 3.04 bits per heavy atom. The van der Waals surface area contributed by atoms with Crippen LogP contribution in [0.15, 0.2) is 10.6 Å². The maximum atomic E-state index is 12.0. The number of carbonyl (C=O) groups excluding carboxylic acids is 1. The molecule has 3 rings (SSSR count). The molecule has 1 amide bonds. The van der Waals surface area contributed by atoms with Gasteiger partial charge in [0, 0.05) is 6.07 Å². The van der Waals surface area contributed by atoms with Crippen molar-refractivity contribution in [3.8, 4) is 5.88 Å². The summed E-state index contributed by atoms with van der Waals surface area (Å²) in [7, 11) is 0. The molecular weight excluding hydrogens is 312 g/mol. The van der Waals surface area contributed by atoms with Gasteiger partial charge in [-0.3, -0.25) is 14.8 Å². The zero-order valence-electron chi connectivity index (χ0n) is 13.7. The molecule has 0 bridgehead atoms. The average molecular weight is 334 g/mol. The molecule has 0 saturated carbocycles. The topological polar surface area (TPSA) is 109 Å². The number of amides is 1. The number of hydrogen-bond acceptors (Lipinski definition) is 7. The van der Waals surface area contributed by atoms with Crippen molar-refractivity contribution in [1.82, 2.24) is 30.6 Å². The Balaban J connectivity index is 1.48. The quantitative estimate of drug-likeness (QED) is 0.780. The number of aromatic nitrogens is 4. The smallest absolute Gasteiger partial charge is 0.269 e. The van der Waals surface area contributed by atoms with Crippen molar-refractivity contribution in [2.24, 2.45) is 0 Å². The Labute approximate surface area is 139 Å². The number of ether oxygens (including phenoxy) is 1. The standard InChI is InChI=1S/C15H22N6O3/c1-2-23-13-8-11(18-19-13)15(22)16-9-14-17-12(20-24-14)10-21-6-4-3-5-7-21/h8H,2-7,9-10H2,1H3,(H,16,22)(H,18,19). The molecule has 0 spiro atoms. The zero-order valence-corrected chi connectivity index (χ0v) is 13.7. The molecule has 9 nitrogen and oxygen atoms in total. The van der Waals surface area contributed by atoms with E-state index in [-0.39, 0.29) is 12.5 Å². The summed E-state index contributed by atoms with van der Waals surface area (Å²) >= 11 is 0. The fourth-order valence-corrected chi connectivity index (χ4v) is 2.64. The van der Waals surface area contributed by atoms with Crippen molar-refractivity contribution in [3.05, 3.63) is 23.5 Å². The van der Waals surface area contributed by atoms with E-state index < -0.39 is 0 Å². The molecule has 2 aromatic heterocycles. The molecule has 2 aromatic rings. The Bertz CT molecular complexity index is 662. The van der Waals surface area contributed by atoms with Crippen LogP contribution in [-0.4, -0.2) is 50.8 Å². The summed E-state index contributed by atoms with van der Waals surface area (Å²) in [5.41, 5.74) is 0.325. The number of nitrogens with zero attached hydrogens (tertiary/aromatic N) is 4. The molecule has 24 heavy (non-hydrogen) atoms. The molecule has 1 aliphatic rings. The first-order valence-electron chi connectivity index (χ1n) is 8.25. The lowest BCUT2D eigenvalue weighted by Crippen LogP contribution is -2.29. The second-order valence-electron chi connectivity index (χ2n) is 5.68. The highest BCUT2D eigenvalue weighted by atomic mass is 16.5. The molecule has 1 aliphatic heterocycles. The van der Waals surface area contributed by atoms with E-state index in [2.05, 4.69) is 30.6 Å². The SMILES string of the molecule is CCOc1cc(C(=O)NCc2nc(CN3CCCCC3)no2)[nH]n1. The van der Waals surface area contributed by atoms with Gasteiger partial charge in [-0.15, -0.1) is 5.10 Å². The minimum Gasteiger partial charge on any atom is -0.477 e. The molecule has 3 heterocycles. The first-order chi connectivity index (χ1) is 11.7. The molecule has 0 aromatic carbocycles. The first kappa shape index (κ1) is 16.4. The van der Waals surface area contributed by atoms with Crippen molar-refractivity contribution < 1.29 is 14.1 Å². The van der Waals surface area contributed by atoms with Gasteiger partial charge in [-0.05, 0) is 32.9 Å². The van der Waals surface area contributed by atoms with Crippen molar-refractivity contribution in [1.29, 1.82) is 0 Å². The molecule has 1 saturated heterocycles. The summed E-state index contributed by atoms with van der Waals surface area (Å²) in [4.78, 5) is 18.7. The van der Waals surface area contributed by atoms with E-state index in [9.17, 15) is 4.79 Å². The Morgan fingerprint density at radius 1 is 1.42 bits per heavy atom. The van der Waals surface area contributed by atoms with E-state index in [0.717, 1.165) is 13.1 Å². The van der Waals surface area contributed by atoms with E-state index in [1.54, 1.807) is 6.07 Å². The van der Waals surface area contributed by atoms with Crippen LogP contribution in [-0.2, 0) is 13.1 Å². The Kier molecular flexibility index (Phi) is 5.42. The van der Waals surface area contributed by atoms with Gasteiger partial charge in [0.15, 0.2) is 5.82 Å². The number of rotatable bonds is 7. The van der Waals surface area contributed by atoms with E-state index in [1.807, 2.05) is 6.92 Å². The Morgan fingerprint density at radius 2 is 2.25 bits per heavy atom. The molecule has 1 fully saturated rings. The summed E-state index contributed by atoms with van der Waals surface area (Å²) in [6.07, 6.45) is 3.72. The highest BCUT2D eigenvalue weighted by molar-refractivity contribution is 5.92. The maximum Gasteiger partial charge on any atom is 0.269 e. The van der Waals surface area contributed by atoms with E-state index >= 15 is 0 Å². The monoisotopic (exact) mass is 334 g/mol. The van der Waals surface area contributed by atoms with Crippen LogP contribution in [0.1, 0.15) is 48.4 Å². The fraction of sp³-hybridized carbons (Fsp3) is 0.600. The molecule has 9 heteroatoms. The Hall–Kier alpha value is -2.42. The normalized spacial score (nSPS) is 15.4. The molecular formula is C15H22N6O3. The summed E-state index contributed by atoms with van der Waals surface area (Å²) in [6, 6.07) is 1.55. The van der Waals surface area contributed by atoms with E-state index in [4.69, 9.17) is 9.26 Å². The average Bonchev–Trinajstić information content (AvgIpc) is 3.24. The van der Waals surface area contributed by atoms with Gasteiger partial charge in [0.05, 0.1) is 19.7 Å². The van der Waals surface area contributed by atoms with Gasteiger partial charge in [-0.25, -0.2) is 0 Å². The highest BCUT2D eigenvalue weighted by Crippen LogP contribution is 2.11. The summed E-state index contributed by atoms with van der Waals surface area (Å²) in [5.74, 6) is 1.13. The molecule has 0 radical (unpaired) electrons. The predicted octanol–water partition coefficient (Wildman–Crippen LogP) is 1.11. The summed E-state index contributed by atoms with van der Waals surface area (Å²) < 4.78 is 10.4. The molecule has 0 unspecified atom stereocenters.